The van der Waals surface area contributed by atoms with Crippen molar-refractivity contribution in [1.82, 2.24) is 8.75 Å². The minimum atomic E-state index is -1.03. The van der Waals surface area contributed by atoms with Crippen molar-refractivity contribution in [2.45, 2.75) is 51.5 Å². The van der Waals surface area contributed by atoms with Crippen molar-refractivity contribution in [2.24, 2.45) is 11.5 Å². The Bertz CT molecular complexity index is 723. The van der Waals surface area contributed by atoms with Gasteiger partial charge in [-0.2, -0.15) is 4.37 Å². The van der Waals surface area contributed by atoms with E-state index in [1.807, 2.05) is 7.05 Å². The lowest BCUT2D eigenvalue weighted by molar-refractivity contribution is -0.919. The van der Waals surface area contributed by atoms with Gasteiger partial charge < -0.3 is 20.9 Å². The number of ether oxygens (including phenoxy) is 2. The SMILES string of the molecule is CCCCCCOc1nsnc1C1=CCC[N+](C)(COC(=O)[C@@H](N)CC(N)=O)C1. The molecule has 29 heavy (non-hydrogen) atoms. The Kier molecular flexibility index (Phi) is 8.99. The average Bonchev–Trinajstić information content (AvgIpc) is 3.14. The van der Waals surface area contributed by atoms with Gasteiger partial charge in [0.1, 0.15) is 18.3 Å². The summed E-state index contributed by atoms with van der Waals surface area (Å²) in [4.78, 5) is 22.9. The van der Waals surface area contributed by atoms with E-state index < -0.39 is 17.9 Å². The van der Waals surface area contributed by atoms with Gasteiger partial charge in [0.2, 0.25) is 12.6 Å². The van der Waals surface area contributed by atoms with Crippen molar-refractivity contribution < 1.29 is 23.5 Å². The molecule has 2 rings (SSSR count). The second-order valence-electron chi connectivity index (χ2n) is 7.72. The molecule has 1 aromatic heterocycles. The molecule has 4 N–H and O–H groups in total. The molecular formula is C19H32N5O4S+. The Morgan fingerprint density at radius 1 is 1.31 bits per heavy atom. The number of quaternary nitrogens is 1. The minimum absolute atomic E-state index is 0.160. The van der Waals surface area contributed by atoms with Crippen LogP contribution in [0.4, 0.5) is 0 Å². The van der Waals surface area contributed by atoms with Gasteiger partial charge in [0.25, 0.3) is 5.88 Å². The maximum absolute atomic E-state index is 12.0. The number of primary amides is 1. The van der Waals surface area contributed by atoms with E-state index in [1.165, 1.54) is 12.8 Å². The highest BCUT2D eigenvalue weighted by Gasteiger charge is 2.32. The number of carbonyl (C=O) groups is 2. The number of aromatic nitrogens is 2. The van der Waals surface area contributed by atoms with E-state index in [0.29, 0.717) is 23.5 Å². The number of carbonyl (C=O) groups excluding carboxylic acids is 2. The molecule has 0 bridgehead atoms. The smallest absolute Gasteiger partial charge is 0.327 e. The summed E-state index contributed by atoms with van der Waals surface area (Å²) in [5.74, 6) is -0.673. The summed E-state index contributed by atoms with van der Waals surface area (Å²) in [5, 5.41) is 0. The van der Waals surface area contributed by atoms with Crippen molar-refractivity contribution in [3.05, 3.63) is 11.8 Å². The summed E-state index contributed by atoms with van der Waals surface area (Å²) < 4.78 is 20.4. The predicted molar refractivity (Wildman–Crippen MR) is 111 cm³/mol. The molecule has 1 aromatic rings. The van der Waals surface area contributed by atoms with Gasteiger partial charge in [-0.15, -0.1) is 4.37 Å². The van der Waals surface area contributed by atoms with E-state index in [0.717, 1.165) is 48.8 Å². The van der Waals surface area contributed by atoms with Crippen molar-refractivity contribution >= 4 is 29.2 Å². The molecule has 1 unspecified atom stereocenters. The molecule has 0 saturated carbocycles. The van der Waals surface area contributed by atoms with Crippen LogP contribution in [0.1, 0.15) is 51.1 Å². The van der Waals surface area contributed by atoms with Gasteiger partial charge in [-0.3, -0.25) is 14.1 Å². The summed E-state index contributed by atoms with van der Waals surface area (Å²) >= 11 is 1.14. The normalized spacial score (nSPS) is 20.0. The highest BCUT2D eigenvalue weighted by molar-refractivity contribution is 6.99. The fraction of sp³-hybridized carbons (Fsp3) is 0.684. The van der Waals surface area contributed by atoms with Crippen LogP contribution in [0.2, 0.25) is 0 Å². The largest absolute Gasteiger partial charge is 0.475 e. The molecule has 0 aliphatic carbocycles. The lowest BCUT2D eigenvalue weighted by Gasteiger charge is -2.36. The standard InChI is InChI=1S/C19H31N5O4S/c1-3-4-5-6-10-27-18-17(22-29-23-18)14-8-7-9-24(2,12-14)13-28-19(26)15(20)11-16(21)25/h8,15H,3-7,9-13,20H2,1-2H3,(H-,21,25)/p+1/t15-,24?/m0/s1. The average molecular weight is 427 g/mol. The number of hydrogen-bond donors (Lipinski definition) is 2. The molecule has 2 heterocycles. The second kappa shape index (κ2) is 11.2. The first-order valence-corrected chi connectivity index (χ1v) is 10.8. The molecule has 0 saturated heterocycles. The monoisotopic (exact) mass is 426 g/mol. The molecular weight excluding hydrogens is 394 g/mol. The molecule has 1 aliphatic rings. The number of nitrogens with zero attached hydrogens (tertiary/aromatic N) is 3. The summed E-state index contributed by atoms with van der Waals surface area (Å²) in [6, 6.07) is -1.03. The van der Waals surface area contributed by atoms with E-state index in [9.17, 15) is 9.59 Å². The molecule has 10 heteroatoms. The first kappa shape index (κ1) is 23.2. The molecule has 0 radical (unpaired) electrons. The highest BCUT2D eigenvalue weighted by atomic mass is 32.1. The molecule has 1 aliphatic heterocycles. The van der Waals surface area contributed by atoms with Crippen LogP contribution in [-0.2, 0) is 14.3 Å². The second-order valence-corrected chi connectivity index (χ2v) is 8.24. The Morgan fingerprint density at radius 2 is 2.10 bits per heavy atom. The predicted octanol–water partition coefficient (Wildman–Crippen LogP) is 1.43. The molecule has 9 nitrogen and oxygen atoms in total. The fourth-order valence-corrected chi connectivity index (χ4v) is 3.71. The molecule has 0 aromatic carbocycles. The Hall–Kier alpha value is -2.04. The summed E-state index contributed by atoms with van der Waals surface area (Å²) in [5.41, 5.74) is 12.5. The van der Waals surface area contributed by atoms with Gasteiger partial charge in [0.15, 0.2) is 0 Å². The van der Waals surface area contributed by atoms with Crippen molar-refractivity contribution in [2.75, 3.05) is 33.5 Å². The third kappa shape index (κ3) is 7.37. The van der Waals surface area contributed by atoms with Crippen LogP contribution in [0.25, 0.3) is 5.57 Å². The molecule has 162 valence electrons. The van der Waals surface area contributed by atoms with Crippen molar-refractivity contribution in [1.29, 1.82) is 0 Å². The molecule has 0 fully saturated rings. The third-order valence-electron chi connectivity index (χ3n) is 4.85. The Balaban J connectivity index is 1.91. The lowest BCUT2D eigenvalue weighted by atomic mass is 10.1. The third-order valence-corrected chi connectivity index (χ3v) is 5.37. The van der Waals surface area contributed by atoms with Crippen LogP contribution in [0, 0.1) is 0 Å². The van der Waals surface area contributed by atoms with Crippen LogP contribution in [0.3, 0.4) is 0 Å². The quantitative estimate of drug-likeness (QED) is 0.294. The zero-order valence-corrected chi connectivity index (χ0v) is 18.1. The Morgan fingerprint density at radius 3 is 2.83 bits per heavy atom. The zero-order valence-electron chi connectivity index (χ0n) is 17.3. The van der Waals surface area contributed by atoms with E-state index in [-0.39, 0.29) is 13.2 Å². The molecule has 0 spiro atoms. The van der Waals surface area contributed by atoms with E-state index in [4.69, 9.17) is 20.9 Å². The molecule has 2 atom stereocenters. The number of amides is 1. The topological polar surface area (TPSA) is 130 Å². The van der Waals surface area contributed by atoms with E-state index >= 15 is 0 Å². The van der Waals surface area contributed by atoms with E-state index in [1.54, 1.807) is 0 Å². The van der Waals surface area contributed by atoms with E-state index in [2.05, 4.69) is 21.7 Å². The number of unbranched alkanes of at least 4 members (excludes halogenated alkanes) is 3. The number of hydrogen-bond acceptors (Lipinski definition) is 8. The first-order valence-electron chi connectivity index (χ1n) is 10.0. The minimum Gasteiger partial charge on any atom is -0.475 e. The van der Waals surface area contributed by atoms with Crippen LogP contribution >= 0.6 is 11.7 Å². The maximum atomic E-state index is 12.0. The van der Waals surface area contributed by atoms with Crippen LogP contribution in [0.5, 0.6) is 5.88 Å². The van der Waals surface area contributed by atoms with Gasteiger partial charge in [-0.1, -0.05) is 32.3 Å². The van der Waals surface area contributed by atoms with Crippen LogP contribution in [0.15, 0.2) is 6.08 Å². The number of rotatable bonds is 12. The maximum Gasteiger partial charge on any atom is 0.327 e. The fourth-order valence-electron chi connectivity index (χ4n) is 3.18. The van der Waals surface area contributed by atoms with Crippen LogP contribution in [-0.4, -0.2) is 64.6 Å². The Labute approximate surface area is 176 Å². The van der Waals surface area contributed by atoms with Crippen molar-refractivity contribution in [3.8, 4) is 5.88 Å². The van der Waals surface area contributed by atoms with Gasteiger partial charge in [0, 0.05) is 12.0 Å². The van der Waals surface area contributed by atoms with Gasteiger partial charge in [0.05, 0.1) is 38.3 Å². The van der Waals surface area contributed by atoms with Gasteiger partial charge >= 0.3 is 5.97 Å². The molecule has 1 amide bonds. The zero-order chi connectivity index (χ0) is 21.3. The summed E-state index contributed by atoms with van der Waals surface area (Å²) in [7, 11) is 2.00. The number of nitrogens with two attached hydrogens (primary N) is 2. The van der Waals surface area contributed by atoms with Crippen LogP contribution < -0.4 is 16.2 Å². The number of esters is 1. The van der Waals surface area contributed by atoms with Gasteiger partial charge in [-0.25, -0.2) is 0 Å². The van der Waals surface area contributed by atoms with Crippen molar-refractivity contribution in [3.63, 3.8) is 0 Å². The first-order chi connectivity index (χ1) is 13.8. The highest BCUT2D eigenvalue weighted by Crippen LogP contribution is 2.30. The summed E-state index contributed by atoms with van der Waals surface area (Å²) in [6.07, 6.45) is 7.27. The summed E-state index contributed by atoms with van der Waals surface area (Å²) in [6.45, 7) is 4.42. The van der Waals surface area contributed by atoms with Gasteiger partial charge in [-0.05, 0) is 6.42 Å². The number of likely N-dealkylation sites (N-methyl/N-ethyl adjacent to an activating group) is 1. The lowest BCUT2D eigenvalue weighted by Crippen LogP contribution is -2.50.